The van der Waals surface area contributed by atoms with E-state index in [1.54, 1.807) is 6.92 Å². The van der Waals surface area contributed by atoms with Crippen molar-refractivity contribution in [2.75, 3.05) is 13.2 Å². The van der Waals surface area contributed by atoms with Crippen molar-refractivity contribution in [1.82, 2.24) is 0 Å². The Bertz CT molecular complexity index is 1210. The second-order valence-electron chi connectivity index (χ2n) is 9.04. The molecule has 0 N–H and O–H groups in total. The predicted octanol–water partition coefficient (Wildman–Crippen LogP) is 8.44. The average molecular weight is 499 g/mol. The van der Waals surface area contributed by atoms with Gasteiger partial charge in [-0.05, 0) is 74.3 Å². The van der Waals surface area contributed by atoms with Crippen molar-refractivity contribution in [3.63, 3.8) is 0 Å². The fraction of sp³-hybridized carbons (Fsp3) is 0.333. The molecule has 0 bridgehead atoms. The van der Waals surface area contributed by atoms with Gasteiger partial charge in [-0.2, -0.15) is 4.39 Å². The van der Waals surface area contributed by atoms with Crippen molar-refractivity contribution in [2.24, 2.45) is 5.92 Å². The van der Waals surface area contributed by atoms with E-state index >= 15 is 0 Å². The maximum atomic E-state index is 14.9. The summed E-state index contributed by atoms with van der Waals surface area (Å²) in [4.78, 5) is 0. The average Bonchev–Trinajstić information content (AvgIpc) is 2.89. The zero-order valence-electron chi connectivity index (χ0n) is 20.5. The minimum absolute atomic E-state index is 0.0405. The highest BCUT2D eigenvalue weighted by Crippen LogP contribution is 2.35. The second-order valence-corrected chi connectivity index (χ2v) is 9.04. The molecule has 36 heavy (non-hydrogen) atoms. The molecule has 2 atom stereocenters. The van der Waals surface area contributed by atoms with E-state index in [0.29, 0.717) is 19.4 Å². The lowest BCUT2D eigenvalue weighted by molar-refractivity contribution is -0.0192. The Morgan fingerprint density at radius 2 is 1.56 bits per heavy atom. The van der Waals surface area contributed by atoms with E-state index in [4.69, 9.17) is 9.47 Å². The lowest BCUT2D eigenvalue weighted by Gasteiger charge is -2.29. The van der Waals surface area contributed by atoms with Gasteiger partial charge in [0.25, 0.3) is 0 Å². The summed E-state index contributed by atoms with van der Waals surface area (Å²) < 4.78 is 69.6. The molecule has 3 aromatic rings. The lowest BCUT2D eigenvalue weighted by Crippen LogP contribution is -2.21. The normalized spacial score (nSPS) is 18.1. The van der Waals surface area contributed by atoms with Crippen LogP contribution in [0.4, 0.5) is 17.6 Å². The molecule has 2 unspecified atom stereocenters. The van der Waals surface area contributed by atoms with Gasteiger partial charge in [0, 0.05) is 11.1 Å². The number of rotatable bonds is 8. The molecule has 6 heteroatoms. The molecule has 0 amide bonds. The molecule has 1 heterocycles. The number of hydrogen-bond acceptors (Lipinski definition) is 2. The Balaban J connectivity index is 1.38. The Labute approximate surface area is 209 Å². The summed E-state index contributed by atoms with van der Waals surface area (Å²) in [6.45, 7) is 4.33. The van der Waals surface area contributed by atoms with Gasteiger partial charge in [0.05, 0.1) is 19.3 Å². The van der Waals surface area contributed by atoms with E-state index in [0.717, 1.165) is 24.0 Å². The number of ether oxygens (including phenoxy) is 2. The molecule has 2 nitrogen and oxygen atoms in total. The maximum Gasteiger partial charge on any atom is 0.201 e. The van der Waals surface area contributed by atoms with Gasteiger partial charge in [0.1, 0.15) is 0 Å². The second kappa shape index (κ2) is 11.7. The van der Waals surface area contributed by atoms with Gasteiger partial charge >= 0.3 is 0 Å². The number of aryl methyl sites for hydroxylation is 1. The molecule has 0 aliphatic carbocycles. The molecular formula is C30H30F4O2. The zero-order valence-corrected chi connectivity index (χ0v) is 20.5. The van der Waals surface area contributed by atoms with Crippen LogP contribution in [0.2, 0.25) is 0 Å². The van der Waals surface area contributed by atoms with E-state index in [1.807, 2.05) is 19.1 Å². The molecule has 0 saturated carbocycles. The summed E-state index contributed by atoms with van der Waals surface area (Å²) in [5.74, 6) is -4.73. The molecule has 1 saturated heterocycles. The summed E-state index contributed by atoms with van der Waals surface area (Å²) in [7, 11) is 0. The molecular weight excluding hydrogens is 468 g/mol. The third-order valence-electron chi connectivity index (χ3n) is 6.66. The van der Waals surface area contributed by atoms with Crippen LogP contribution in [0.15, 0.2) is 54.6 Å². The van der Waals surface area contributed by atoms with Crippen molar-refractivity contribution < 1.29 is 27.0 Å². The molecule has 3 aromatic carbocycles. The van der Waals surface area contributed by atoms with Crippen LogP contribution in [-0.2, 0) is 11.2 Å². The van der Waals surface area contributed by atoms with E-state index in [2.05, 4.69) is 24.3 Å². The minimum Gasteiger partial charge on any atom is -0.491 e. The Morgan fingerprint density at radius 3 is 2.19 bits per heavy atom. The van der Waals surface area contributed by atoms with Crippen LogP contribution in [0.3, 0.4) is 0 Å². The molecule has 1 aliphatic heterocycles. The Morgan fingerprint density at radius 1 is 0.861 bits per heavy atom. The highest BCUT2D eigenvalue weighted by atomic mass is 19.2. The lowest BCUT2D eigenvalue weighted by atomic mass is 9.89. The molecule has 0 spiro atoms. The maximum absolute atomic E-state index is 14.9. The summed E-state index contributed by atoms with van der Waals surface area (Å²) in [5.41, 5.74) is 1.84. The quantitative estimate of drug-likeness (QED) is 0.290. The fourth-order valence-corrected chi connectivity index (χ4v) is 4.67. The first kappa shape index (κ1) is 26.0. The monoisotopic (exact) mass is 498 g/mol. The van der Waals surface area contributed by atoms with Gasteiger partial charge in [-0.1, -0.05) is 48.6 Å². The van der Waals surface area contributed by atoms with Crippen LogP contribution >= 0.6 is 0 Å². The predicted molar refractivity (Wildman–Crippen MR) is 134 cm³/mol. The first-order valence-electron chi connectivity index (χ1n) is 12.3. The van der Waals surface area contributed by atoms with Gasteiger partial charge in [-0.3, -0.25) is 0 Å². The summed E-state index contributed by atoms with van der Waals surface area (Å²) in [6.07, 6.45) is 6.86. The molecule has 0 radical (unpaired) electrons. The number of allylic oxidation sites excluding steroid dienone is 1. The Kier molecular flexibility index (Phi) is 8.47. The van der Waals surface area contributed by atoms with Crippen LogP contribution < -0.4 is 4.74 Å². The van der Waals surface area contributed by atoms with Gasteiger partial charge in [0.15, 0.2) is 23.2 Å². The SMILES string of the molecule is C/C=C/c1ccc(C2CCC(CCc3ccc(-c4ccc(OCC)c(F)c4F)c(F)c3F)CO2)cc1. The Hall–Kier alpha value is -3.12. The highest BCUT2D eigenvalue weighted by molar-refractivity contribution is 5.66. The van der Waals surface area contributed by atoms with Crippen molar-refractivity contribution in [2.45, 2.75) is 45.6 Å². The first-order chi connectivity index (χ1) is 17.4. The van der Waals surface area contributed by atoms with Crippen molar-refractivity contribution >= 4 is 6.08 Å². The zero-order chi connectivity index (χ0) is 25.7. The van der Waals surface area contributed by atoms with Crippen molar-refractivity contribution in [3.05, 3.63) is 94.6 Å². The van der Waals surface area contributed by atoms with E-state index in [1.165, 1.54) is 24.3 Å². The molecule has 4 rings (SSSR count). The van der Waals surface area contributed by atoms with Crippen LogP contribution in [-0.4, -0.2) is 13.2 Å². The van der Waals surface area contributed by atoms with E-state index < -0.39 is 23.3 Å². The molecule has 190 valence electrons. The van der Waals surface area contributed by atoms with Crippen LogP contribution in [0.25, 0.3) is 17.2 Å². The third-order valence-corrected chi connectivity index (χ3v) is 6.66. The van der Waals surface area contributed by atoms with Gasteiger partial charge in [0.2, 0.25) is 5.82 Å². The number of benzene rings is 3. The van der Waals surface area contributed by atoms with Gasteiger partial charge < -0.3 is 9.47 Å². The molecule has 1 aliphatic rings. The third kappa shape index (κ3) is 5.65. The standard InChI is InChI=1S/C30H30F4O2/c1-3-5-19-6-10-21(11-7-19)25-16-9-20(18-36-25)8-12-22-13-14-23(28(32)27(22)31)24-15-17-26(35-4-2)30(34)29(24)33/h3,5-7,10-11,13-15,17,20,25H,4,8-9,12,16,18H2,1-2H3/b5-3+. The first-order valence-corrected chi connectivity index (χ1v) is 12.3. The van der Waals surface area contributed by atoms with Gasteiger partial charge in [-0.15, -0.1) is 0 Å². The minimum atomic E-state index is -1.27. The topological polar surface area (TPSA) is 18.5 Å². The number of halogens is 4. The van der Waals surface area contributed by atoms with Gasteiger partial charge in [-0.25, -0.2) is 13.2 Å². The van der Waals surface area contributed by atoms with Crippen LogP contribution in [0.1, 0.15) is 55.9 Å². The number of hydrogen-bond donors (Lipinski definition) is 0. The van der Waals surface area contributed by atoms with Crippen LogP contribution in [0.5, 0.6) is 5.75 Å². The van der Waals surface area contributed by atoms with Crippen molar-refractivity contribution in [3.8, 4) is 16.9 Å². The summed E-state index contributed by atoms with van der Waals surface area (Å²) >= 11 is 0. The fourth-order valence-electron chi connectivity index (χ4n) is 4.67. The van der Waals surface area contributed by atoms with E-state index in [9.17, 15) is 17.6 Å². The molecule has 0 aromatic heterocycles. The smallest absolute Gasteiger partial charge is 0.201 e. The van der Waals surface area contributed by atoms with Crippen molar-refractivity contribution in [1.29, 1.82) is 0 Å². The summed E-state index contributed by atoms with van der Waals surface area (Å²) in [5, 5.41) is 0. The van der Waals surface area contributed by atoms with E-state index in [-0.39, 0.29) is 41.1 Å². The van der Waals surface area contributed by atoms with Crippen LogP contribution in [0, 0.1) is 29.2 Å². The molecule has 1 fully saturated rings. The summed E-state index contributed by atoms with van der Waals surface area (Å²) in [6, 6.07) is 13.5. The highest BCUT2D eigenvalue weighted by Gasteiger charge is 2.25. The largest absolute Gasteiger partial charge is 0.491 e.